The number of benzene rings is 2. The highest BCUT2D eigenvalue weighted by atomic mass is 16.5. The summed E-state index contributed by atoms with van der Waals surface area (Å²) in [6, 6.07) is 16.6. The normalized spacial score (nSPS) is 13.1. The van der Waals surface area contributed by atoms with Crippen LogP contribution in [-0.2, 0) is 16.1 Å². The van der Waals surface area contributed by atoms with E-state index in [1.165, 1.54) is 0 Å². The Kier molecular flexibility index (Phi) is 6.78. The topological polar surface area (TPSA) is 65.0 Å². The van der Waals surface area contributed by atoms with E-state index in [-0.39, 0.29) is 19.6 Å². The van der Waals surface area contributed by atoms with Crippen molar-refractivity contribution in [3.05, 3.63) is 60.2 Å². The molecule has 0 fully saturated rings. The highest BCUT2D eigenvalue weighted by Crippen LogP contribution is 2.19. The Hall–Kier alpha value is -2.37. The van der Waals surface area contributed by atoms with E-state index in [9.17, 15) is 9.90 Å². The third-order valence-corrected chi connectivity index (χ3v) is 3.51. The maximum Gasteiger partial charge on any atom is 0.128 e. The first-order chi connectivity index (χ1) is 11.6. The van der Waals surface area contributed by atoms with Crippen molar-refractivity contribution in [1.29, 1.82) is 0 Å². The number of rotatable bonds is 10. The van der Waals surface area contributed by atoms with Gasteiger partial charge in [-0.05, 0) is 29.8 Å². The van der Waals surface area contributed by atoms with Crippen molar-refractivity contribution < 1.29 is 24.1 Å². The van der Waals surface area contributed by atoms with Gasteiger partial charge < -0.3 is 24.1 Å². The summed E-state index contributed by atoms with van der Waals surface area (Å²) in [4.78, 5) is 10.9. The van der Waals surface area contributed by atoms with E-state index in [2.05, 4.69) is 0 Å². The number of carbonyl (C=O) groups excluding carboxylic acids is 1. The van der Waals surface area contributed by atoms with Crippen LogP contribution in [0.15, 0.2) is 54.6 Å². The summed E-state index contributed by atoms with van der Waals surface area (Å²) in [5.74, 6) is 1.31. The predicted octanol–water partition coefficient (Wildman–Crippen LogP) is 2.61. The number of aliphatic hydroxyl groups is 1. The summed E-state index contributed by atoms with van der Waals surface area (Å²) >= 11 is 0. The van der Waals surface area contributed by atoms with Gasteiger partial charge in [0.15, 0.2) is 0 Å². The van der Waals surface area contributed by atoms with E-state index in [0.29, 0.717) is 18.6 Å². The second kappa shape index (κ2) is 9.05. The van der Waals surface area contributed by atoms with Crippen LogP contribution in [-0.4, -0.2) is 37.3 Å². The van der Waals surface area contributed by atoms with Crippen LogP contribution in [0.4, 0.5) is 0 Å². The Bertz CT molecular complexity index is 611. The molecule has 1 atom stereocenters. The van der Waals surface area contributed by atoms with Crippen molar-refractivity contribution in [2.24, 2.45) is 0 Å². The lowest BCUT2D eigenvalue weighted by atomic mass is 10.0. The second-order valence-electron chi connectivity index (χ2n) is 5.54. The SMILES string of the molecule is COc1ccc(OCC(O)(CC=O)COCc2ccccc2)cc1. The maximum absolute atomic E-state index is 10.9. The molecule has 0 aliphatic carbocycles. The molecule has 0 saturated heterocycles. The number of carbonyl (C=O) groups is 1. The molecule has 1 unspecified atom stereocenters. The molecule has 1 N–H and O–H groups in total. The van der Waals surface area contributed by atoms with Crippen molar-refractivity contribution >= 4 is 6.29 Å². The Morgan fingerprint density at radius 3 is 2.29 bits per heavy atom. The molecule has 0 saturated carbocycles. The van der Waals surface area contributed by atoms with Crippen LogP contribution in [0.5, 0.6) is 11.5 Å². The molecular formula is C19H22O5. The van der Waals surface area contributed by atoms with Gasteiger partial charge >= 0.3 is 0 Å². The smallest absolute Gasteiger partial charge is 0.128 e. The Morgan fingerprint density at radius 1 is 1.00 bits per heavy atom. The predicted molar refractivity (Wildman–Crippen MR) is 90.2 cm³/mol. The fraction of sp³-hybridized carbons (Fsp3) is 0.316. The summed E-state index contributed by atoms with van der Waals surface area (Å²) in [6.07, 6.45) is 0.612. The first-order valence-electron chi connectivity index (χ1n) is 7.70. The second-order valence-corrected chi connectivity index (χ2v) is 5.54. The minimum atomic E-state index is -1.36. The van der Waals surface area contributed by atoms with Gasteiger partial charge in [0.05, 0.1) is 20.3 Å². The number of aldehydes is 1. The minimum Gasteiger partial charge on any atom is -0.497 e. The van der Waals surface area contributed by atoms with Crippen LogP contribution < -0.4 is 9.47 Å². The largest absolute Gasteiger partial charge is 0.497 e. The van der Waals surface area contributed by atoms with Crippen molar-refractivity contribution in [1.82, 2.24) is 0 Å². The number of methoxy groups -OCH3 is 1. The molecule has 0 aliphatic heterocycles. The van der Waals surface area contributed by atoms with Crippen molar-refractivity contribution in [3.8, 4) is 11.5 Å². The third kappa shape index (κ3) is 5.68. The summed E-state index contributed by atoms with van der Waals surface area (Å²) in [5, 5.41) is 10.5. The van der Waals surface area contributed by atoms with Gasteiger partial charge in [-0.2, -0.15) is 0 Å². The van der Waals surface area contributed by atoms with Crippen LogP contribution in [0, 0.1) is 0 Å². The molecule has 0 heterocycles. The summed E-state index contributed by atoms with van der Waals surface area (Å²) in [7, 11) is 1.59. The maximum atomic E-state index is 10.9. The van der Waals surface area contributed by atoms with Gasteiger partial charge in [-0.15, -0.1) is 0 Å². The molecule has 5 heteroatoms. The van der Waals surface area contributed by atoms with Crippen molar-refractivity contribution in [3.63, 3.8) is 0 Å². The lowest BCUT2D eigenvalue weighted by Crippen LogP contribution is -2.41. The van der Waals surface area contributed by atoms with E-state index >= 15 is 0 Å². The molecule has 0 radical (unpaired) electrons. The van der Waals surface area contributed by atoms with E-state index in [0.717, 1.165) is 11.3 Å². The Labute approximate surface area is 141 Å². The fourth-order valence-electron chi connectivity index (χ4n) is 2.14. The molecular weight excluding hydrogens is 308 g/mol. The van der Waals surface area contributed by atoms with Gasteiger partial charge in [-0.1, -0.05) is 30.3 Å². The molecule has 0 spiro atoms. The summed E-state index contributed by atoms with van der Waals surface area (Å²) in [5.41, 5.74) is -0.363. The summed E-state index contributed by atoms with van der Waals surface area (Å²) in [6.45, 7) is 0.341. The van der Waals surface area contributed by atoms with Crippen LogP contribution >= 0.6 is 0 Å². The van der Waals surface area contributed by atoms with Gasteiger partial charge in [0, 0.05) is 6.42 Å². The number of hydrogen-bond donors (Lipinski definition) is 1. The average Bonchev–Trinajstić information content (AvgIpc) is 2.62. The Balaban J connectivity index is 1.87. The highest BCUT2D eigenvalue weighted by Gasteiger charge is 2.28. The highest BCUT2D eigenvalue weighted by molar-refractivity contribution is 5.51. The number of ether oxygens (including phenoxy) is 3. The van der Waals surface area contributed by atoms with E-state index < -0.39 is 5.60 Å². The van der Waals surface area contributed by atoms with Crippen LogP contribution in [0.25, 0.3) is 0 Å². The molecule has 24 heavy (non-hydrogen) atoms. The van der Waals surface area contributed by atoms with Gasteiger partial charge in [0.2, 0.25) is 0 Å². The van der Waals surface area contributed by atoms with Gasteiger partial charge in [0.25, 0.3) is 0 Å². The average molecular weight is 330 g/mol. The van der Waals surface area contributed by atoms with Crippen LogP contribution in [0.1, 0.15) is 12.0 Å². The van der Waals surface area contributed by atoms with E-state index in [1.54, 1.807) is 31.4 Å². The number of hydrogen-bond acceptors (Lipinski definition) is 5. The summed E-state index contributed by atoms with van der Waals surface area (Å²) < 4.78 is 16.2. The minimum absolute atomic E-state index is 0.0107. The molecule has 5 nitrogen and oxygen atoms in total. The van der Waals surface area contributed by atoms with Crippen LogP contribution in [0.2, 0.25) is 0 Å². The molecule has 0 bridgehead atoms. The van der Waals surface area contributed by atoms with Crippen molar-refractivity contribution in [2.75, 3.05) is 20.3 Å². The van der Waals surface area contributed by atoms with Gasteiger partial charge in [-0.3, -0.25) is 0 Å². The standard InChI is InChI=1S/C19H22O5/c1-22-17-7-9-18(10-8-17)24-15-19(21,11-12-20)14-23-13-16-5-3-2-4-6-16/h2-10,12,21H,11,13-15H2,1H3. The zero-order valence-corrected chi connectivity index (χ0v) is 13.7. The first kappa shape index (κ1) is 18.0. The van der Waals surface area contributed by atoms with Crippen LogP contribution in [0.3, 0.4) is 0 Å². The van der Waals surface area contributed by atoms with Crippen molar-refractivity contribution in [2.45, 2.75) is 18.6 Å². The molecule has 2 rings (SSSR count). The molecule has 2 aromatic carbocycles. The zero-order chi connectivity index (χ0) is 17.3. The van der Waals surface area contributed by atoms with Gasteiger partial charge in [0.1, 0.15) is 30.0 Å². The van der Waals surface area contributed by atoms with E-state index in [4.69, 9.17) is 14.2 Å². The fourth-order valence-corrected chi connectivity index (χ4v) is 2.14. The first-order valence-corrected chi connectivity index (χ1v) is 7.70. The van der Waals surface area contributed by atoms with E-state index in [1.807, 2.05) is 30.3 Å². The molecule has 0 aromatic heterocycles. The lowest BCUT2D eigenvalue weighted by Gasteiger charge is -2.26. The third-order valence-electron chi connectivity index (χ3n) is 3.51. The Morgan fingerprint density at radius 2 is 1.67 bits per heavy atom. The monoisotopic (exact) mass is 330 g/mol. The lowest BCUT2D eigenvalue weighted by molar-refractivity contribution is -0.120. The molecule has 2 aromatic rings. The molecule has 128 valence electrons. The quantitative estimate of drug-likeness (QED) is 0.678. The zero-order valence-electron chi connectivity index (χ0n) is 13.7. The molecule has 0 aliphatic rings. The van der Waals surface area contributed by atoms with Gasteiger partial charge in [-0.25, -0.2) is 0 Å². The molecule has 0 amide bonds.